The largest absolute Gasteiger partial charge is 0.363 e. The zero-order chi connectivity index (χ0) is 18.2. The Hall–Kier alpha value is -2.56. The molecule has 5 nitrogen and oxygen atoms in total. The summed E-state index contributed by atoms with van der Waals surface area (Å²) < 4.78 is 0. The Bertz CT molecular complexity index is 709. The molecule has 0 aliphatic rings. The molecule has 1 N–H and O–H groups in total. The number of rotatable bonds is 6. The van der Waals surface area contributed by atoms with E-state index in [0.29, 0.717) is 6.54 Å². The van der Waals surface area contributed by atoms with Crippen molar-refractivity contribution in [1.29, 1.82) is 0 Å². The van der Waals surface area contributed by atoms with Gasteiger partial charge in [-0.2, -0.15) is 0 Å². The van der Waals surface area contributed by atoms with Gasteiger partial charge in [-0.1, -0.05) is 24.3 Å². The predicted octanol–water partition coefficient (Wildman–Crippen LogP) is 3.05. The van der Waals surface area contributed by atoms with E-state index in [-0.39, 0.29) is 0 Å². The summed E-state index contributed by atoms with van der Waals surface area (Å²) in [6.07, 6.45) is 1.84. The fraction of sp³-hybridized carbons (Fsp3) is 0.400. The molecule has 0 saturated carbocycles. The van der Waals surface area contributed by atoms with E-state index in [9.17, 15) is 0 Å². The van der Waals surface area contributed by atoms with Crippen LogP contribution in [0.4, 0.5) is 5.82 Å². The third-order valence-corrected chi connectivity index (χ3v) is 4.04. The number of hydrogen-bond donors (Lipinski definition) is 1. The van der Waals surface area contributed by atoms with Gasteiger partial charge in [-0.05, 0) is 42.7 Å². The van der Waals surface area contributed by atoms with Crippen molar-refractivity contribution in [3.63, 3.8) is 0 Å². The molecule has 0 aliphatic carbocycles. The second-order valence-electron chi connectivity index (χ2n) is 6.37. The Morgan fingerprint density at radius 1 is 1.16 bits per heavy atom. The van der Waals surface area contributed by atoms with Gasteiger partial charge in [-0.3, -0.25) is 0 Å². The van der Waals surface area contributed by atoms with Crippen LogP contribution in [0.3, 0.4) is 0 Å². The summed E-state index contributed by atoms with van der Waals surface area (Å²) in [6.45, 7) is 6.54. The first kappa shape index (κ1) is 18.8. The Labute approximate surface area is 151 Å². The molecule has 0 spiro atoms. The third kappa shape index (κ3) is 5.48. The first-order valence-corrected chi connectivity index (χ1v) is 8.67. The van der Waals surface area contributed by atoms with Crippen molar-refractivity contribution in [3.05, 3.63) is 59.3 Å². The number of aliphatic imine (C=N–C) groups is 1. The van der Waals surface area contributed by atoms with Crippen LogP contribution in [-0.2, 0) is 13.1 Å². The molecule has 0 fully saturated rings. The first-order chi connectivity index (χ1) is 12.0. The summed E-state index contributed by atoms with van der Waals surface area (Å²) >= 11 is 0. The van der Waals surface area contributed by atoms with Crippen molar-refractivity contribution in [2.75, 3.05) is 32.6 Å². The van der Waals surface area contributed by atoms with Crippen LogP contribution in [0.5, 0.6) is 0 Å². The van der Waals surface area contributed by atoms with Gasteiger partial charge in [0.25, 0.3) is 0 Å². The lowest BCUT2D eigenvalue weighted by Gasteiger charge is -2.23. The molecule has 0 atom stereocenters. The molecule has 2 rings (SSSR count). The zero-order valence-corrected chi connectivity index (χ0v) is 16.0. The number of hydrogen-bond acceptors (Lipinski definition) is 3. The lowest BCUT2D eigenvalue weighted by Crippen LogP contribution is -2.38. The van der Waals surface area contributed by atoms with Gasteiger partial charge in [-0.15, -0.1) is 0 Å². The second kappa shape index (κ2) is 9.06. The van der Waals surface area contributed by atoms with E-state index in [1.807, 2.05) is 31.3 Å². The van der Waals surface area contributed by atoms with Crippen LogP contribution in [0.2, 0.25) is 0 Å². The average Bonchev–Trinajstić information content (AvgIpc) is 2.60. The van der Waals surface area contributed by atoms with E-state index < -0.39 is 0 Å². The number of aromatic nitrogens is 1. The number of pyridine rings is 1. The molecule has 1 heterocycles. The summed E-state index contributed by atoms with van der Waals surface area (Å²) in [6, 6.07) is 12.6. The quantitative estimate of drug-likeness (QED) is 0.649. The predicted molar refractivity (Wildman–Crippen MR) is 106 cm³/mol. The zero-order valence-electron chi connectivity index (χ0n) is 16.0. The minimum Gasteiger partial charge on any atom is -0.363 e. The van der Waals surface area contributed by atoms with Gasteiger partial charge in [0, 0.05) is 40.4 Å². The molecule has 1 aromatic heterocycles. The molecule has 2 aromatic rings. The van der Waals surface area contributed by atoms with Crippen LogP contribution < -0.4 is 10.2 Å². The minimum atomic E-state index is 0.629. The van der Waals surface area contributed by atoms with Crippen molar-refractivity contribution in [2.24, 2.45) is 4.99 Å². The van der Waals surface area contributed by atoms with E-state index in [2.05, 4.69) is 66.4 Å². The average molecular weight is 339 g/mol. The smallest absolute Gasteiger partial charge is 0.194 e. The molecule has 5 heteroatoms. The molecule has 0 unspecified atom stereocenters. The van der Waals surface area contributed by atoms with Gasteiger partial charge < -0.3 is 15.1 Å². The fourth-order valence-electron chi connectivity index (χ4n) is 2.56. The van der Waals surface area contributed by atoms with Gasteiger partial charge in [-0.25, -0.2) is 9.98 Å². The van der Waals surface area contributed by atoms with Crippen LogP contribution in [0.25, 0.3) is 0 Å². The van der Waals surface area contributed by atoms with Gasteiger partial charge in [0.1, 0.15) is 5.82 Å². The minimum absolute atomic E-state index is 0.629. The molecular formula is C20H29N5. The highest BCUT2D eigenvalue weighted by Crippen LogP contribution is 2.12. The van der Waals surface area contributed by atoms with Crippen molar-refractivity contribution < 1.29 is 0 Å². The number of nitrogens with one attached hydrogen (secondary N) is 1. The van der Waals surface area contributed by atoms with E-state index in [4.69, 9.17) is 4.99 Å². The Kier molecular flexibility index (Phi) is 6.81. The monoisotopic (exact) mass is 339 g/mol. The Morgan fingerprint density at radius 3 is 2.60 bits per heavy atom. The molecule has 1 aromatic carbocycles. The van der Waals surface area contributed by atoms with Gasteiger partial charge >= 0.3 is 0 Å². The number of benzene rings is 1. The van der Waals surface area contributed by atoms with Crippen LogP contribution >= 0.6 is 0 Å². The van der Waals surface area contributed by atoms with E-state index in [1.54, 1.807) is 0 Å². The number of nitrogens with zero attached hydrogens (tertiary/aromatic N) is 4. The van der Waals surface area contributed by atoms with Gasteiger partial charge in [0.15, 0.2) is 5.96 Å². The van der Waals surface area contributed by atoms with E-state index in [1.165, 1.54) is 11.1 Å². The normalized spacial score (nSPS) is 11.3. The molecule has 0 amide bonds. The lowest BCUT2D eigenvalue weighted by atomic mass is 10.1. The summed E-state index contributed by atoms with van der Waals surface area (Å²) in [5.41, 5.74) is 3.77. The van der Waals surface area contributed by atoms with Crippen molar-refractivity contribution in [1.82, 2.24) is 15.2 Å². The molecular weight excluding hydrogens is 310 g/mol. The van der Waals surface area contributed by atoms with Crippen molar-refractivity contribution in [3.8, 4) is 0 Å². The van der Waals surface area contributed by atoms with Gasteiger partial charge in [0.05, 0.1) is 6.54 Å². The van der Waals surface area contributed by atoms with Crippen molar-refractivity contribution in [2.45, 2.75) is 26.9 Å². The van der Waals surface area contributed by atoms with E-state index >= 15 is 0 Å². The maximum atomic E-state index is 4.80. The Morgan fingerprint density at radius 2 is 1.92 bits per heavy atom. The van der Waals surface area contributed by atoms with Crippen LogP contribution in [0.15, 0.2) is 47.6 Å². The molecule has 0 bridgehead atoms. The Balaban J connectivity index is 2.12. The van der Waals surface area contributed by atoms with Gasteiger partial charge in [0.2, 0.25) is 0 Å². The molecule has 0 radical (unpaired) electrons. The topological polar surface area (TPSA) is 43.8 Å². The lowest BCUT2D eigenvalue weighted by molar-refractivity contribution is 0.475. The summed E-state index contributed by atoms with van der Waals surface area (Å²) in [7, 11) is 6.07. The standard InChI is InChI=1S/C20H29N5/c1-6-21-20(25(5)15-18-10-8-7-9-16(18)2)23-14-17-11-12-22-19(13-17)24(3)4/h7-13H,6,14-15H2,1-5H3,(H,21,23). The maximum Gasteiger partial charge on any atom is 0.194 e. The highest BCUT2D eigenvalue weighted by Gasteiger charge is 2.08. The highest BCUT2D eigenvalue weighted by atomic mass is 15.3. The summed E-state index contributed by atoms with van der Waals surface area (Å²) in [5.74, 6) is 1.86. The van der Waals surface area contributed by atoms with Crippen LogP contribution in [0.1, 0.15) is 23.6 Å². The number of guanidine groups is 1. The second-order valence-corrected chi connectivity index (χ2v) is 6.37. The summed E-state index contributed by atoms with van der Waals surface area (Å²) in [4.78, 5) is 13.3. The summed E-state index contributed by atoms with van der Waals surface area (Å²) in [5, 5.41) is 3.38. The first-order valence-electron chi connectivity index (χ1n) is 8.67. The third-order valence-electron chi connectivity index (χ3n) is 4.04. The molecule has 25 heavy (non-hydrogen) atoms. The highest BCUT2D eigenvalue weighted by molar-refractivity contribution is 5.79. The molecule has 0 saturated heterocycles. The van der Waals surface area contributed by atoms with E-state index in [0.717, 1.165) is 30.4 Å². The maximum absolute atomic E-state index is 4.80. The molecule has 0 aliphatic heterocycles. The van der Waals surface area contributed by atoms with Crippen LogP contribution in [0, 0.1) is 6.92 Å². The molecule has 134 valence electrons. The SMILES string of the molecule is CCNC(=NCc1ccnc(N(C)C)c1)N(C)Cc1ccccc1C. The van der Waals surface area contributed by atoms with Crippen molar-refractivity contribution >= 4 is 11.8 Å². The fourth-order valence-corrected chi connectivity index (χ4v) is 2.56. The van der Waals surface area contributed by atoms with Crippen LogP contribution in [-0.4, -0.2) is 43.5 Å². The number of aryl methyl sites for hydroxylation is 1. The number of anilines is 1.